The number of rotatable bonds is 2. The van der Waals surface area contributed by atoms with Gasteiger partial charge >= 0.3 is 5.97 Å². The molecular weight excluding hydrogens is 252 g/mol. The van der Waals surface area contributed by atoms with Crippen molar-refractivity contribution in [3.63, 3.8) is 0 Å². The van der Waals surface area contributed by atoms with E-state index in [1.165, 1.54) is 12.7 Å². The van der Waals surface area contributed by atoms with E-state index in [1.807, 2.05) is 16.8 Å². The Hall–Kier alpha value is -2.10. The Balaban J connectivity index is 2.01. The van der Waals surface area contributed by atoms with Crippen LogP contribution in [0, 0.1) is 6.92 Å². The number of carbonyl (C=O) groups excluding carboxylic acids is 1. The molecule has 0 spiro atoms. The summed E-state index contributed by atoms with van der Waals surface area (Å²) < 4.78 is 6.87. The van der Waals surface area contributed by atoms with Crippen LogP contribution in [0.2, 0.25) is 0 Å². The molecule has 2 heterocycles. The largest absolute Gasteiger partial charge is 0.467 e. The van der Waals surface area contributed by atoms with Gasteiger partial charge < -0.3 is 9.30 Å². The van der Waals surface area contributed by atoms with E-state index in [4.69, 9.17) is 4.74 Å². The van der Waals surface area contributed by atoms with Gasteiger partial charge in [-0.15, -0.1) is 0 Å². The minimum atomic E-state index is -0.227. The number of imidazole rings is 1. The second-order valence-corrected chi connectivity index (χ2v) is 5.25. The van der Waals surface area contributed by atoms with E-state index in [9.17, 15) is 4.79 Å². The van der Waals surface area contributed by atoms with Crippen molar-refractivity contribution in [2.75, 3.05) is 7.11 Å². The van der Waals surface area contributed by atoms with Gasteiger partial charge in [-0.1, -0.05) is 23.8 Å². The molecule has 20 heavy (non-hydrogen) atoms. The molecular formula is C16H18N2O2. The summed E-state index contributed by atoms with van der Waals surface area (Å²) in [6, 6.07) is 8.03. The first-order chi connectivity index (χ1) is 9.69. The Morgan fingerprint density at radius 3 is 3.05 bits per heavy atom. The highest BCUT2D eigenvalue weighted by Crippen LogP contribution is 2.29. The van der Waals surface area contributed by atoms with Crippen molar-refractivity contribution in [1.29, 1.82) is 0 Å². The van der Waals surface area contributed by atoms with Gasteiger partial charge in [0.1, 0.15) is 11.9 Å². The van der Waals surface area contributed by atoms with Crippen molar-refractivity contribution in [3.8, 4) is 11.3 Å². The quantitative estimate of drug-likeness (QED) is 0.788. The van der Waals surface area contributed by atoms with Crippen LogP contribution in [0.4, 0.5) is 0 Å². The molecule has 0 saturated carbocycles. The summed E-state index contributed by atoms with van der Waals surface area (Å²) in [4.78, 5) is 16.5. The summed E-state index contributed by atoms with van der Waals surface area (Å²) in [5.41, 5.74) is 3.23. The van der Waals surface area contributed by atoms with Crippen LogP contribution >= 0.6 is 0 Å². The average molecular weight is 270 g/mol. The number of aromatic nitrogens is 2. The number of methoxy groups -OCH3 is 1. The van der Waals surface area contributed by atoms with Gasteiger partial charge in [0.15, 0.2) is 0 Å². The van der Waals surface area contributed by atoms with Crippen molar-refractivity contribution in [2.45, 2.75) is 32.2 Å². The molecule has 4 nitrogen and oxygen atoms in total. The zero-order chi connectivity index (χ0) is 14.1. The van der Waals surface area contributed by atoms with Crippen molar-refractivity contribution in [2.24, 2.45) is 0 Å². The van der Waals surface area contributed by atoms with Gasteiger partial charge in [-0.3, -0.25) is 0 Å². The van der Waals surface area contributed by atoms with Gasteiger partial charge in [0.2, 0.25) is 0 Å². The Labute approximate surface area is 118 Å². The molecule has 4 heteroatoms. The highest BCUT2D eigenvalue weighted by atomic mass is 16.5. The standard InChI is InChI=1S/C16H18N2O2/c1-11-5-3-6-12(9-11)13-10-18-14(16(19)20-2)7-4-8-15(18)17-13/h3,5-6,9-10,14H,4,7-8H2,1-2H3. The molecule has 3 rings (SSSR count). The lowest BCUT2D eigenvalue weighted by Gasteiger charge is -2.22. The molecule has 0 radical (unpaired) electrons. The minimum absolute atomic E-state index is 0.181. The highest BCUT2D eigenvalue weighted by Gasteiger charge is 2.28. The number of hydrogen-bond donors (Lipinski definition) is 0. The Morgan fingerprint density at radius 2 is 2.30 bits per heavy atom. The fourth-order valence-electron chi connectivity index (χ4n) is 2.79. The first kappa shape index (κ1) is 12.9. The molecule has 1 aromatic carbocycles. The number of hydrogen-bond acceptors (Lipinski definition) is 3. The van der Waals surface area contributed by atoms with E-state index in [-0.39, 0.29) is 12.0 Å². The summed E-state index contributed by atoms with van der Waals surface area (Å²) in [6.07, 6.45) is 4.69. The SMILES string of the molecule is COC(=O)C1CCCc2nc(-c3cccc(C)c3)cn21. The zero-order valence-electron chi connectivity index (χ0n) is 11.8. The van der Waals surface area contributed by atoms with E-state index in [0.717, 1.165) is 36.3 Å². The van der Waals surface area contributed by atoms with Gasteiger partial charge in [-0.05, 0) is 25.8 Å². The lowest BCUT2D eigenvalue weighted by atomic mass is 10.1. The molecule has 104 valence electrons. The van der Waals surface area contributed by atoms with Crippen LogP contribution in [-0.2, 0) is 16.0 Å². The van der Waals surface area contributed by atoms with Gasteiger partial charge in [0, 0.05) is 18.2 Å². The van der Waals surface area contributed by atoms with Crippen molar-refractivity contribution in [1.82, 2.24) is 9.55 Å². The predicted octanol–water partition coefficient (Wildman–Crippen LogP) is 2.91. The van der Waals surface area contributed by atoms with Crippen LogP contribution in [0.3, 0.4) is 0 Å². The number of nitrogens with zero attached hydrogens (tertiary/aromatic N) is 2. The third-order valence-corrected chi connectivity index (χ3v) is 3.81. The van der Waals surface area contributed by atoms with Gasteiger partial charge in [0.25, 0.3) is 0 Å². The van der Waals surface area contributed by atoms with Gasteiger partial charge in [-0.2, -0.15) is 0 Å². The topological polar surface area (TPSA) is 44.1 Å². The maximum absolute atomic E-state index is 11.9. The number of carbonyl (C=O) groups is 1. The number of aryl methyl sites for hydroxylation is 2. The number of fused-ring (bicyclic) bond motifs is 1. The molecule has 0 fully saturated rings. The first-order valence-electron chi connectivity index (χ1n) is 6.91. The van der Waals surface area contributed by atoms with E-state index in [1.54, 1.807) is 0 Å². The normalized spacial score (nSPS) is 17.6. The third-order valence-electron chi connectivity index (χ3n) is 3.81. The zero-order valence-corrected chi connectivity index (χ0v) is 11.8. The summed E-state index contributed by atoms with van der Waals surface area (Å²) in [6.45, 7) is 2.07. The van der Waals surface area contributed by atoms with Gasteiger partial charge in [-0.25, -0.2) is 9.78 Å². The maximum atomic E-state index is 11.9. The second kappa shape index (κ2) is 5.12. The molecule has 1 aromatic heterocycles. The fourth-order valence-corrected chi connectivity index (χ4v) is 2.79. The summed E-state index contributed by atoms with van der Waals surface area (Å²) in [5, 5.41) is 0. The molecule has 0 N–H and O–H groups in total. The van der Waals surface area contributed by atoms with Crippen LogP contribution in [0.15, 0.2) is 30.5 Å². The van der Waals surface area contributed by atoms with Gasteiger partial charge in [0.05, 0.1) is 12.8 Å². The Morgan fingerprint density at radius 1 is 1.45 bits per heavy atom. The first-order valence-corrected chi connectivity index (χ1v) is 6.91. The minimum Gasteiger partial charge on any atom is -0.467 e. The molecule has 1 unspecified atom stereocenters. The Kier molecular flexibility index (Phi) is 3.30. The Bertz CT molecular complexity index is 646. The molecule has 0 bridgehead atoms. The highest BCUT2D eigenvalue weighted by molar-refractivity contribution is 5.74. The average Bonchev–Trinajstić information content (AvgIpc) is 2.90. The molecule has 2 aromatic rings. The summed E-state index contributed by atoms with van der Waals surface area (Å²) in [7, 11) is 1.44. The van der Waals surface area contributed by atoms with Crippen LogP contribution in [0.1, 0.15) is 30.3 Å². The summed E-state index contributed by atoms with van der Waals surface area (Å²) >= 11 is 0. The van der Waals surface area contributed by atoms with Crippen molar-refractivity contribution < 1.29 is 9.53 Å². The van der Waals surface area contributed by atoms with E-state index < -0.39 is 0 Å². The van der Waals surface area contributed by atoms with Crippen LogP contribution in [0.5, 0.6) is 0 Å². The van der Waals surface area contributed by atoms with Crippen LogP contribution in [0.25, 0.3) is 11.3 Å². The molecule has 0 saturated heterocycles. The fraction of sp³-hybridized carbons (Fsp3) is 0.375. The van der Waals surface area contributed by atoms with Crippen LogP contribution < -0.4 is 0 Å². The number of benzene rings is 1. The third kappa shape index (κ3) is 2.22. The summed E-state index contributed by atoms with van der Waals surface area (Å²) in [5.74, 6) is 0.794. The molecule has 0 aliphatic carbocycles. The van der Waals surface area contributed by atoms with Crippen LogP contribution in [-0.4, -0.2) is 22.6 Å². The van der Waals surface area contributed by atoms with E-state index in [0.29, 0.717) is 0 Å². The lowest BCUT2D eigenvalue weighted by molar-refractivity contribution is -0.145. The molecule has 0 amide bonds. The molecule has 1 aliphatic heterocycles. The molecule has 1 atom stereocenters. The smallest absolute Gasteiger partial charge is 0.328 e. The van der Waals surface area contributed by atoms with E-state index >= 15 is 0 Å². The number of ether oxygens (including phenoxy) is 1. The maximum Gasteiger partial charge on any atom is 0.328 e. The number of esters is 1. The van der Waals surface area contributed by atoms with Crippen molar-refractivity contribution in [3.05, 3.63) is 41.9 Å². The predicted molar refractivity (Wildman–Crippen MR) is 76.4 cm³/mol. The lowest BCUT2D eigenvalue weighted by Crippen LogP contribution is -2.25. The van der Waals surface area contributed by atoms with Crippen molar-refractivity contribution >= 4 is 5.97 Å². The van der Waals surface area contributed by atoms with E-state index in [2.05, 4.69) is 30.1 Å². The monoisotopic (exact) mass is 270 g/mol. The molecule has 1 aliphatic rings. The second-order valence-electron chi connectivity index (χ2n) is 5.25.